The topological polar surface area (TPSA) is 92.6 Å². The van der Waals surface area contributed by atoms with Gasteiger partial charge in [0, 0.05) is 44.3 Å². The molecule has 1 N–H and O–H groups in total. The molecule has 1 aromatic rings. The molecule has 7 heteroatoms. The highest BCUT2D eigenvalue weighted by molar-refractivity contribution is 5.94. The molecule has 118 valence electrons. The van der Waals surface area contributed by atoms with Crippen LogP contribution in [0.2, 0.25) is 0 Å². The number of carbonyl (C=O) groups is 2. The van der Waals surface area contributed by atoms with Gasteiger partial charge in [-0.1, -0.05) is 0 Å². The maximum atomic E-state index is 12.4. The summed E-state index contributed by atoms with van der Waals surface area (Å²) in [6, 6.07) is 5.65. The molecule has 0 aromatic heterocycles. The molecule has 1 heterocycles. The van der Waals surface area contributed by atoms with Crippen LogP contribution < -0.4 is 5.32 Å². The van der Waals surface area contributed by atoms with Crippen LogP contribution in [0, 0.1) is 16.0 Å². The maximum Gasteiger partial charge on any atom is 0.269 e. The number of nitro groups is 1. The number of nitro benzene ring substituents is 1. The van der Waals surface area contributed by atoms with Crippen molar-refractivity contribution in [3.63, 3.8) is 0 Å². The Labute approximate surface area is 128 Å². The summed E-state index contributed by atoms with van der Waals surface area (Å²) in [5, 5.41) is 13.4. The molecule has 0 aliphatic carbocycles. The molecule has 0 radical (unpaired) electrons. The van der Waals surface area contributed by atoms with E-state index in [4.69, 9.17) is 0 Å². The molecule has 1 aliphatic heterocycles. The van der Waals surface area contributed by atoms with E-state index in [0.29, 0.717) is 25.2 Å². The van der Waals surface area contributed by atoms with E-state index in [1.165, 1.54) is 31.2 Å². The average Bonchev–Trinajstić information content (AvgIpc) is 2.52. The molecule has 0 unspecified atom stereocenters. The van der Waals surface area contributed by atoms with Crippen molar-refractivity contribution in [2.24, 2.45) is 5.92 Å². The summed E-state index contributed by atoms with van der Waals surface area (Å²) in [5.74, 6) is 0.0564. The fraction of sp³-hybridized carbons (Fsp3) is 0.467. The Morgan fingerprint density at radius 3 is 2.64 bits per heavy atom. The fourth-order valence-corrected chi connectivity index (χ4v) is 2.61. The van der Waals surface area contributed by atoms with Gasteiger partial charge in [0.25, 0.3) is 11.6 Å². The highest BCUT2D eigenvalue weighted by Crippen LogP contribution is 2.19. The van der Waals surface area contributed by atoms with Crippen LogP contribution in [0.3, 0.4) is 0 Å². The van der Waals surface area contributed by atoms with Crippen molar-refractivity contribution in [3.05, 3.63) is 39.9 Å². The molecular formula is C15H19N3O4. The van der Waals surface area contributed by atoms with Crippen molar-refractivity contribution in [1.82, 2.24) is 10.2 Å². The number of piperidine rings is 1. The Morgan fingerprint density at radius 1 is 1.36 bits per heavy atom. The van der Waals surface area contributed by atoms with Crippen molar-refractivity contribution < 1.29 is 14.5 Å². The molecule has 0 saturated carbocycles. The van der Waals surface area contributed by atoms with Crippen LogP contribution in [0.4, 0.5) is 5.69 Å². The SMILES string of the molecule is CC(=O)NC[C@@H]1CCCN(C(=O)c2ccc([N+](=O)[O-])cc2)C1. The minimum absolute atomic E-state index is 0.0290. The monoisotopic (exact) mass is 305 g/mol. The van der Waals surface area contributed by atoms with Crippen LogP contribution in [-0.4, -0.2) is 41.3 Å². The van der Waals surface area contributed by atoms with Crippen LogP contribution in [0.1, 0.15) is 30.1 Å². The minimum atomic E-state index is -0.487. The van der Waals surface area contributed by atoms with Gasteiger partial charge in [0.15, 0.2) is 0 Å². The Balaban J connectivity index is 1.99. The summed E-state index contributed by atoms with van der Waals surface area (Å²) in [7, 11) is 0. The van der Waals surface area contributed by atoms with Gasteiger partial charge in [0.05, 0.1) is 4.92 Å². The number of carbonyl (C=O) groups excluding carboxylic acids is 2. The van der Waals surface area contributed by atoms with Gasteiger partial charge in [0.2, 0.25) is 5.91 Å². The summed E-state index contributed by atoms with van der Waals surface area (Å²) in [5.41, 5.74) is 0.421. The van der Waals surface area contributed by atoms with Crippen molar-refractivity contribution >= 4 is 17.5 Å². The number of likely N-dealkylation sites (tertiary alicyclic amines) is 1. The molecule has 1 saturated heterocycles. The van der Waals surface area contributed by atoms with E-state index in [1.807, 2.05) is 0 Å². The van der Waals surface area contributed by atoms with E-state index in [1.54, 1.807) is 4.90 Å². The van der Waals surface area contributed by atoms with Gasteiger partial charge < -0.3 is 10.2 Å². The summed E-state index contributed by atoms with van der Waals surface area (Å²) in [6.45, 7) is 3.31. The van der Waals surface area contributed by atoms with E-state index in [0.717, 1.165) is 12.8 Å². The van der Waals surface area contributed by atoms with Crippen molar-refractivity contribution in [3.8, 4) is 0 Å². The summed E-state index contributed by atoms with van der Waals surface area (Å²) in [4.78, 5) is 35.3. The van der Waals surface area contributed by atoms with E-state index in [2.05, 4.69) is 5.32 Å². The number of nitrogens with zero attached hydrogens (tertiary/aromatic N) is 2. The predicted octanol–water partition coefficient (Wildman–Crippen LogP) is 1.58. The Bertz CT molecular complexity index is 571. The van der Waals surface area contributed by atoms with Crippen molar-refractivity contribution in [2.75, 3.05) is 19.6 Å². The third-order valence-corrected chi connectivity index (χ3v) is 3.77. The van der Waals surface area contributed by atoms with Crippen LogP contribution in [0.25, 0.3) is 0 Å². The first-order valence-electron chi connectivity index (χ1n) is 7.25. The van der Waals surface area contributed by atoms with Crippen molar-refractivity contribution in [2.45, 2.75) is 19.8 Å². The number of rotatable bonds is 4. The van der Waals surface area contributed by atoms with Gasteiger partial charge in [-0.05, 0) is 30.9 Å². The molecule has 7 nitrogen and oxygen atoms in total. The lowest BCUT2D eigenvalue weighted by Crippen LogP contribution is -2.43. The van der Waals surface area contributed by atoms with Crippen LogP contribution >= 0.6 is 0 Å². The van der Waals surface area contributed by atoms with Crippen LogP contribution in [-0.2, 0) is 4.79 Å². The Kier molecular flexibility index (Phi) is 5.08. The number of non-ortho nitro benzene ring substituents is 1. The molecule has 0 spiro atoms. The highest BCUT2D eigenvalue weighted by Gasteiger charge is 2.24. The van der Waals surface area contributed by atoms with Gasteiger partial charge >= 0.3 is 0 Å². The number of hydrogen-bond donors (Lipinski definition) is 1. The van der Waals surface area contributed by atoms with Gasteiger partial charge in [-0.25, -0.2) is 0 Å². The number of benzene rings is 1. The highest BCUT2D eigenvalue weighted by atomic mass is 16.6. The van der Waals surface area contributed by atoms with Gasteiger partial charge in [-0.15, -0.1) is 0 Å². The predicted molar refractivity (Wildman–Crippen MR) is 80.4 cm³/mol. The molecule has 1 fully saturated rings. The fourth-order valence-electron chi connectivity index (χ4n) is 2.61. The molecule has 1 aliphatic rings. The lowest BCUT2D eigenvalue weighted by Gasteiger charge is -2.32. The van der Waals surface area contributed by atoms with Crippen LogP contribution in [0.5, 0.6) is 0 Å². The second-order valence-corrected chi connectivity index (χ2v) is 5.50. The molecule has 2 amide bonds. The van der Waals surface area contributed by atoms with Crippen molar-refractivity contribution in [1.29, 1.82) is 0 Å². The minimum Gasteiger partial charge on any atom is -0.356 e. The molecule has 1 aromatic carbocycles. The number of nitrogens with one attached hydrogen (secondary N) is 1. The summed E-state index contributed by atoms with van der Waals surface area (Å²) in [6.07, 6.45) is 1.87. The lowest BCUT2D eigenvalue weighted by atomic mass is 9.97. The van der Waals surface area contributed by atoms with Gasteiger partial charge in [-0.2, -0.15) is 0 Å². The van der Waals surface area contributed by atoms with E-state index >= 15 is 0 Å². The normalized spacial score (nSPS) is 17.9. The largest absolute Gasteiger partial charge is 0.356 e. The summed E-state index contributed by atoms with van der Waals surface area (Å²) < 4.78 is 0. The number of hydrogen-bond acceptors (Lipinski definition) is 4. The van der Waals surface area contributed by atoms with E-state index in [-0.39, 0.29) is 23.4 Å². The molecule has 2 rings (SSSR count). The second kappa shape index (κ2) is 7.02. The zero-order valence-corrected chi connectivity index (χ0v) is 12.4. The summed E-state index contributed by atoms with van der Waals surface area (Å²) >= 11 is 0. The quantitative estimate of drug-likeness (QED) is 0.675. The zero-order valence-electron chi connectivity index (χ0n) is 12.4. The Hall–Kier alpha value is -2.44. The van der Waals surface area contributed by atoms with E-state index in [9.17, 15) is 19.7 Å². The first-order valence-corrected chi connectivity index (χ1v) is 7.25. The molecule has 0 bridgehead atoms. The first kappa shape index (κ1) is 15.9. The Morgan fingerprint density at radius 2 is 2.05 bits per heavy atom. The molecule has 1 atom stereocenters. The third kappa shape index (κ3) is 4.03. The average molecular weight is 305 g/mol. The van der Waals surface area contributed by atoms with Crippen LogP contribution in [0.15, 0.2) is 24.3 Å². The number of amides is 2. The maximum absolute atomic E-state index is 12.4. The zero-order chi connectivity index (χ0) is 16.1. The third-order valence-electron chi connectivity index (χ3n) is 3.77. The molecule has 22 heavy (non-hydrogen) atoms. The molecular weight excluding hydrogens is 286 g/mol. The second-order valence-electron chi connectivity index (χ2n) is 5.50. The standard InChI is InChI=1S/C15H19N3O4/c1-11(19)16-9-12-3-2-8-17(10-12)15(20)13-4-6-14(7-5-13)18(21)22/h4-7,12H,2-3,8-10H2,1H3,(H,16,19)/t12-/m0/s1. The van der Waals surface area contributed by atoms with E-state index < -0.39 is 4.92 Å². The first-order chi connectivity index (χ1) is 10.5. The smallest absolute Gasteiger partial charge is 0.269 e. The van der Waals surface area contributed by atoms with Gasteiger partial charge in [0.1, 0.15) is 0 Å². The lowest BCUT2D eigenvalue weighted by molar-refractivity contribution is -0.384. The van der Waals surface area contributed by atoms with Gasteiger partial charge in [-0.3, -0.25) is 19.7 Å².